The number of nitrogens with zero attached hydrogens (tertiary/aromatic N) is 4. The normalized spacial score (nSPS) is 14.4. The lowest BCUT2D eigenvalue weighted by molar-refractivity contribution is 1.18. The zero-order valence-electron chi connectivity index (χ0n) is 32.8. The van der Waals surface area contributed by atoms with Crippen molar-refractivity contribution in [2.75, 3.05) is 19.6 Å². The first-order valence-electron chi connectivity index (χ1n) is 21.2. The van der Waals surface area contributed by atoms with E-state index < -0.39 is 0 Å². The van der Waals surface area contributed by atoms with Crippen molar-refractivity contribution in [3.05, 3.63) is 194 Å². The summed E-state index contributed by atoms with van der Waals surface area (Å²) in [5, 5.41) is 5.04. The number of fused-ring (bicyclic) bond motifs is 13. The van der Waals surface area contributed by atoms with Crippen LogP contribution in [0.1, 0.15) is 0 Å². The minimum absolute atomic E-state index is 0.0443. The van der Waals surface area contributed by atoms with E-state index >= 15 is 0 Å². The molecular weight excluding hydrogens is 758 g/mol. The zero-order chi connectivity index (χ0) is 39.5. The summed E-state index contributed by atoms with van der Waals surface area (Å²) in [7, 11) is 0. The molecule has 0 unspecified atom stereocenters. The molecule has 4 nitrogen and oxygen atoms in total. The summed E-state index contributed by atoms with van der Waals surface area (Å²) in [6.45, 7) is 0.0885. The smallest absolute Gasteiger partial charge is 0.264 e. The molecule has 9 aromatic carbocycles. The summed E-state index contributed by atoms with van der Waals surface area (Å²) in [6.07, 6.45) is 0. The Kier molecular flexibility index (Phi) is 6.17. The van der Waals surface area contributed by atoms with E-state index in [-0.39, 0.29) is 13.4 Å². The number of anilines is 12. The molecule has 0 saturated heterocycles. The monoisotopic (exact) mass is 790 g/mol. The second-order valence-corrected chi connectivity index (χ2v) is 17.9. The van der Waals surface area contributed by atoms with Crippen molar-refractivity contribution in [2.45, 2.75) is 0 Å². The second kappa shape index (κ2) is 11.6. The van der Waals surface area contributed by atoms with Crippen molar-refractivity contribution < 1.29 is 0 Å². The van der Waals surface area contributed by atoms with Gasteiger partial charge in [0, 0.05) is 55.1 Å². The van der Waals surface area contributed by atoms with Gasteiger partial charge in [-0.3, -0.25) is 0 Å². The molecule has 0 atom stereocenters. The maximum absolute atomic E-state index is 2.62. The zero-order valence-corrected chi connectivity index (χ0v) is 33.6. The highest BCUT2D eigenvalue weighted by atomic mass is 32.1. The highest BCUT2D eigenvalue weighted by Crippen LogP contribution is 2.58. The number of para-hydroxylation sites is 4. The average Bonchev–Trinajstić information content (AvgIpc) is 3.71. The van der Waals surface area contributed by atoms with Crippen molar-refractivity contribution in [3.63, 3.8) is 0 Å². The quantitative estimate of drug-likeness (QED) is 0.162. The predicted octanol–water partition coefficient (Wildman–Crippen LogP) is 10.5. The highest BCUT2D eigenvalue weighted by Gasteiger charge is 2.53. The van der Waals surface area contributed by atoms with Gasteiger partial charge in [-0.05, 0) is 116 Å². The lowest BCUT2D eigenvalue weighted by atomic mass is 9.35. The van der Waals surface area contributed by atoms with Gasteiger partial charge in [0.2, 0.25) is 0 Å². The highest BCUT2D eigenvalue weighted by molar-refractivity contribution is 7.39. The Morgan fingerprint density at radius 3 is 1.07 bits per heavy atom. The first-order valence-corrected chi connectivity index (χ1v) is 22.0. The maximum atomic E-state index is 2.62. The molecule has 15 rings (SSSR count). The van der Waals surface area contributed by atoms with E-state index in [1.165, 1.54) is 121 Å². The van der Waals surface area contributed by atoms with E-state index in [9.17, 15) is 0 Å². The Hall–Kier alpha value is -7.47. The van der Waals surface area contributed by atoms with E-state index in [0.29, 0.717) is 0 Å². The molecule has 0 bridgehead atoms. The molecule has 280 valence electrons. The van der Waals surface area contributed by atoms with Gasteiger partial charge in [-0.25, -0.2) is 0 Å². The third-order valence-electron chi connectivity index (χ3n) is 13.8. The van der Waals surface area contributed by atoms with Crippen LogP contribution in [0.5, 0.6) is 0 Å². The molecule has 10 aromatic rings. The number of rotatable bonds is 2. The van der Waals surface area contributed by atoms with Crippen molar-refractivity contribution in [3.8, 4) is 0 Å². The first kappa shape index (κ1) is 32.4. The van der Waals surface area contributed by atoms with Crippen LogP contribution in [0, 0.1) is 0 Å². The van der Waals surface area contributed by atoms with Crippen molar-refractivity contribution >= 4 is 146 Å². The molecule has 0 spiro atoms. The summed E-state index contributed by atoms with van der Waals surface area (Å²) in [6, 6.07) is 72.5. The van der Waals surface area contributed by atoms with Crippen molar-refractivity contribution in [1.29, 1.82) is 0 Å². The van der Waals surface area contributed by atoms with Gasteiger partial charge in [-0.1, -0.05) is 121 Å². The van der Waals surface area contributed by atoms with Gasteiger partial charge in [0.05, 0.1) is 22.7 Å². The lowest BCUT2D eigenvalue weighted by Gasteiger charge is -2.49. The standard InChI is InChI=1S/C54H32B2N4S/c1-3-19-37(20-4-1)57-43-25-13-27-45-49(43)55(39-29-33-15-7-9-17-35(33)31-47(39)57)53-51-52-54(61-53)56-40-30-34-16-8-10-18-36(34)32-48(40)58(38-21-5-2-6-22-38)44-26-14-28-46(50(44)56)60(52)42-24-12-11-23-41(42)59(45)51/h1-32H. The Bertz CT molecular complexity index is 3320. The molecule has 5 aliphatic rings. The first-order chi connectivity index (χ1) is 30.3. The molecule has 0 amide bonds. The number of benzene rings is 9. The minimum atomic E-state index is 0.0443. The van der Waals surface area contributed by atoms with Crippen LogP contribution in [0.25, 0.3) is 21.5 Å². The molecule has 0 N–H and O–H groups in total. The number of hydrogen-bond acceptors (Lipinski definition) is 5. The van der Waals surface area contributed by atoms with Gasteiger partial charge >= 0.3 is 0 Å². The van der Waals surface area contributed by atoms with E-state index in [4.69, 9.17) is 0 Å². The Morgan fingerprint density at radius 2 is 0.639 bits per heavy atom. The van der Waals surface area contributed by atoms with Gasteiger partial charge < -0.3 is 19.6 Å². The second-order valence-electron chi connectivity index (χ2n) is 16.8. The van der Waals surface area contributed by atoms with Crippen molar-refractivity contribution in [2.24, 2.45) is 0 Å². The summed E-state index contributed by atoms with van der Waals surface area (Å²) >= 11 is 2.05. The summed E-state index contributed by atoms with van der Waals surface area (Å²) < 4.78 is 2.83. The van der Waals surface area contributed by atoms with Gasteiger partial charge in [0.15, 0.2) is 0 Å². The van der Waals surface area contributed by atoms with Crippen molar-refractivity contribution in [1.82, 2.24) is 0 Å². The van der Waals surface area contributed by atoms with Crippen LogP contribution in [0.3, 0.4) is 0 Å². The van der Waals surface area contributed by atoms with Gasteiger partial charge in [-0.2, -0.15) is 11.3 Å². The van der Waals surface area contributed by atoms with Gasteiger partial charge in [0.25, 0.3) is 13.4 Å². The fourth-order valence-corrected chi connectivity index (χ4v) is 13.0. The van der Waals surface area contributed by atoms with Crippen LogP contribution in [0.4, 0.5) is 68.2 Å². The largest absolute Gasteiger partial charge is 0.311 e. The van der Waals surface area contributed by atoms with Crippen LogP contribution in [-0.2, 0) is 0 Å². The van der Waals surface area contributed by atoms with Crippen LogP contribution in [0.2, 0.25) is 0 Å². The Balaban J connectivity index is 1.08. The number of thiophene rings is 1. The molecule has 6 heterocycles. The average molecular weight is 791 g/mol. The van der Waals surface area contributed by atoms with Gasteiger partial charge in [0.1, 0.15) is 0 Å². The van der Waals surface area contributed by atoms with E-state index in [2.05, 4.69) is 214 Å². The van der Waals surface area contributed by atoms with Crippen LogP contribution in [-0.4, -0.2) is 13.4 Å². The molecular formula is C54H32B2N4S. The lowest BCUT2D eigenvalue weighted by Crippen LogP contribution is -2.61. The molecule has 61 heavy (non-hydrogen) atoms. The third-order valence-corrected chi connectivity index (χ3v) is 15.1. The molecule has 5 aliphatic heterocycles. The SMILES string of the molecule is c1ccc(N2c3cc4ccccc4cc3B3c4sc5c6c4N(c4ccccc4N6c4cccc6c4B5c4cc5ccccc5cc4N6c4ccccc4)c4cccc2c43)cc1. The van der Waals surface area contributed by atoms with Crippen LogP contribution >= 0.6 is 11.3 Å². The van der Waals surface area contributed by atoms with Gasteiger partial charge in [-0.15, -0.1) is 0 Å². The number of hydrogen-bond donors (Lipinski definition) is 0. The van der Waals surface area contributed by atoms with E-state index in [0.717, 1.165) is 0 Å². The molecule has 0 saturated carbocycles. The Morgan fingerprint density at radius 1 is 0.295 bits per heavy atom. The van der Waals surface area contributed by atoms with E-state index in [1.807, 2.05) is 11.3 Å². The third kappa shape index (κ3) is 4.07. The molecule has 7 heteroatoms. The molecule has 1 aromatic heterocycles. The Labute approximate surface area is 357 Å². The minimum Gasteiger partial charge on any atom is -0.311 e. The fourth-order valence-electron chi connectivity index (χ4n) is 11.5. The van der Waals surface area contributed by atoms with Crippen LogP contribution in [0.15, 0.2) is 194 Å². The molecule has 0 fully saturated rings. The molecule has 0 radical (unpaired) electrons. The van der Waals surface area contributed by atoms with E-state index in [1.54, 1.807) is 0 Å². The van der Waals surface area contributed by atoms with Crippen LogP contribution < -0.4 is 51.0 Å². The summed E-state index contributed by atoms with van der Waals surface area (Å²) in [5.74, 6) is 0. The predicted molar refractivity (Wildman–Crippen MR) is 261 cm³/mol. The summed E-state index contributed by atoms with van der Waals surface area (Å²) in [5.41, 5.74) is 20.3. The fraction of sp³-hybridized carbons (Fsp3) is 0. The maximum Gasteiger partial charge on any atom is 0.264 e. The summed E-state index contributed by atoms with van der Waals surface area (Å²) in [4.78, 5) is 10.3. The molecule has 0 aliphatic carbocycles. The topological polar surface area (TPSA) is 13.0 Å².